The molecule has 1 aliphatic carbocycles. The number of rotatable bonds is 3. The summed E-state index contributed by atoms with van der Waals surface area (Å²) in [5.74, 6) is 3.31. The number of terminal acetylenes is 1. The number of ether oxygens (including phenoxy) is 1. The van der Waals surface area contributed by atoms with Gasteiger partial charge in [-0.2, -0.15) is 0 Å². The number of hydrogen-bond acceptors (Lipinski definition) is 4. The second kappa shape index (κ2) is 8.53. The quantitative estimate of drug-likeness (QED) is 0.422. The Morgan fingerprint density at radius 1 is 1.18 bits per heavy atom. The van der Waals surface area contributed by atoms with Gasteiger partial charge in [-0.25, -0.2) is 9.78 Å². The number of allylic oxidation sites excluding steroid dienone is 1. The number of imidazole rings is 1. The molecule has 3 aromatic heterocycles. The van der Waals surface area contributed by atoms with Gasteiger partial charge in [0.15, 0.2) is 0 Å². The fourth-order valence-electron chi connectivity index (χ4n) is 4.56. The molecule has 6 nitrogen and oxygen atoms in total. The van der Waals surface area contributed by atoms with Crippen molar-refractivity contribution < 1.29 is 4.74 Å². The molecule has 0 saturated heterocycles. The molecular formula is C28H24N4O2. The molecule has 0 bridgehead atoms. The summed E-state index contributed by atoms with van der Waals surface area (Å²) in [6.45, 7) is 2.20. The summed E-state index contributed by atoms with van der Waals surface area (Å²) in [6.07, 6.45) is 15.8. The monoisotopic (exact) mass is 448 g/mol. The number of benzene rings is 1. The lowest BCUT2D eigenvalue weighted by atomic mass is 9.87. The van der Waals surface area contributed by atoms with Gasteiger partial charge in [0.25, 0.3) is 0 Å². The molecule has 0 N–H and O–H groups in total. The second-order valence-electron chi connectivity index (χ2n) is 8.39. The number of nitrogens with zero attached hydrogens (tertiary/aromatic N) is 4. The normalized spacial score (nSPS) is 14.5. The lowest BCUT2D eigenvalue weighted by molar-refractivity contribution is 0.395. The Labute approximate surface area is 198 Å². The summed E-state index contributed by atoms with van der Waals surface area (Å²) in [5, 5.41) is 0. The van der Waals surface area contributed by atoms with Crippen molar-refractivity contribution in [1.29, 1.82) is 0 Å². The third kappa shape index (κ3) is 3.43. The smallest absolute Gasteiger partial charge is 0.333 e. The summed E-state index contributed by atoms with van der Waals surface area (Å²) in [4.78, 5) is 22.2. The Hall–Kier alpha value is -4.37. The molecule has 168 valence electrons. The molecule has 0 fully saturated rings. The standard InChI is InChI=1S/C28H24N4O2/c1-5-19-14-21(17-29-16-19)20-11-12-22-18(2)8-6-9-24-26(23(22)15-20)32(28(33)31(24)3)25-10-7-13-30-27(25)34-4/h1,6-7,9-18H,8H2,2-4H3. The number of pyridine rings is 2. The molecule has 34 heavy (non-hydrogen) atoms. The van der Waals surface area contributed by atoms with Crippen LogP contribution in [0.2, 0.25) is 0 Å². The van der Waals surface area contributed by atoms with E-state index in [1.54, 1.807) is 47.9 Å². The Morgan fingerprint density at radius 2 is 2.03 bits per heavy atom. The lowest BCUT2D eigenvalue weighted by Crippen LogP contribution is -2.22. The van der Waals surface area contributed by atoms with Gasteiger partial charge in [-0.3, -0.25) is 14.1 Å². The van der Waals surface area contributed by atoms with Crippen molar-refractivity contribution in [1.82, 2.24) is 19.1 Å². The van der Waals surface area contributed by atoms with E-state index < -0.39 is 0 Å². The van der Waals surface area contributed by atoms with Crippen LogP contribution < -0.4 is 10.4 Å². The van der Waals surface area contributed by atoms with E-state index in [4.69, 9.17) is 11.2 Å². The highest BCUT2D eigenvalue weighted by Gasteiger charge is 2.26. The van der Waals surface area contributed by atoms with Gasteiger partial charge in [-0.05, 0) is 53.8 Å². The van der Waals surface area contributed by atoms with E-state index in [1.807, 2.05) is 18.2 Å². The molecule has 0 amide bonds. The van der Waals surface area contributed by atoms with E-state index in [0.717, 1.165) is 45.6 Å². The molecule has 4 aromatic rings. The largest absolute Gasteiger partial charge is 0.479 e. The summed E-state index contributed by atoms with van der Waals surface area (Å²) >= 11 is 0. The first kappa shape index (κ1) is 21.5. The molecule has 0 radical (unpaired) electrons. The number of fused-ring (bicyclic) bond motifs is 3. The SMILES string of the molecule is C#Cc1cncc(-c2ccc3c(c2)-c2c(n(C)c(=O)n2-c2cccnc2OC)C=CCC3C)c1. The van der Waals surface area contributed by atoms with E-state index >= 15 is 0 Å². The second-order valence-corrected chi connectivity index (χ2v) is 8.39. The van der Waals surface area contributed by atoms with Gasteiger partial charge in [-0.1, -0.05) is 31.1 Å². The lowest BCUT2D eigenvalue weighted by Gasteiger charge is -2.21. The number of methoxy groups -OCH3 is 1. The fourth-order valence-corrected chi connectivity index (χ4v) is 4.56. The minimum atomic E-state index is -0.164. The Bertz CT molecular complexity index is 1530. The van der Waals surface area contributed by atoms with Gasteiger partial charge >= 0.3 is 5.69 Å². The van der Waals surface area contributed by atoms with Gasteiger partial charge in [0.1, 0.15) is 5.69 Å². The third-order valence-corrected chi connectivity index (χ3v) is 6.33. The van der Waals surface area contributed by atoms with Gasteiger partial charge in [0.05, 0.1) is 18.5 Å². The maximum atomic E-state index is 13.6. The van der Waals surface area contributed by atoms with E-state index in [9.17, 15) is 4.79 Å². The van der Waals surface area contributed by atoms with Crippen LogP contribution in [0.25, 0.3) is 34.1 Å². The van der Waals surface area contributed by atoms with Crippen LogP contribution in [0, 0.1) is 12.3 Å². The molecule has 0 saturated carbocycles. The van der Waals surface area contributed by atoms with Crippen molar-refractivity contribution in [3.05, 3.63) is 88.4 Å². The van der Waals surface area contributed by atoms with Crippen molar-refractivity contribution in [2.45, 2.75) is 19.3 Å². The average Bonchev–Trinajstić information content (AvgIpc) is 3.11. The molecule has 0 spiro atoms. The topological polar surface area (TPSA) is 61.9 Å². The molecule has 1 unspecified atom stereocenters. The molecule has 0 aliphatic heterocycles. The molecule has 6 heteroatoms. The Morgan fingerprint density at radius 3 is 2.82 bits per heavy atom. The van der Waals surface area contributed by atoms with Gasteiger partial charge < -0.3 is 4.74 Å². The van der Waals surface area contributed by atoms with E-state index in [1.165, 1.54) is 0 Å². The highest BCUT2D eigenvalue weighted by Crippen LogP contribution is 2.39. The predicted octanol–water partition coefficient (Wildman–Crippen LogP) is 4.81. The average molecular weight is 449 g/mol. The van der Waals surface area contributed by atoms with Crippen molar-refractivity contribution >= 4 is 6.08 Å². The maximum Gasteiger partial charge on any atom is 0.333 e. The Balaban J connectivity index is 1.86. The van der Waals surface area contributed by atoms with Gasteiger partial charge in [0.2, 0.25) is 5.88 Å². The highest BCUT2D eigenvalue weighted by atomic mass is 16.5. The van der Waals surface area contributed by atoms with Crippen molar-refractivity contribution in [2.75, 3.05) is 7.11 Å². The summed E-state index contributed by atoms with van der Waals surface area (Å²) < 4.78 is 8.88. The third-order valence-electron chi connectivity index (χ3n) is 6.33. The summed E-state index contributed by atoms with van der Waals surface area (Å²) in [7, 11) is 3.35. The zero-order chi connectivity index (χ0) is 23.8. The van der Waals surface area contributed by atoms with Crippen LogP contribution >= 0.6 is 0 Å². The van der Waals surface area contributed by atoms with Crippen LogP contribution in [0.3, 0.4) is 0 Å². The zero-order valence-corrected chi connectivity index (χ0v) is 19.3. The molecule has 1 aromatic carbocycles. The predicted molar refractivity (Wildman–Crippen MR) is 134 cm³/mol. The summed E-state index contributed by atoms with van der Waals surface area (Å²) in [6, 6.07) is 12.0. The van der Waals surface area contributed by atoms with E-state index in [0.29, 0.717) is 11.6 Å². The van der Waals surface area contributed by atoms with E-state index in [-0.39, 0.29) is 11.6 Å². The molecule has 1 aliphatic rings. The minimum Gasteiger partial charge on any atom is -0.479 e. The van der Waals surface area contributed by atoms with Crippen LogP contribution in [0.5, 0.6) is 5.88 Å². The molecule has 3 heterocycles. The van der Waals surface area contributed by atoms with Gasteiger partial charge in [-0.15, -0.1) is 6.42 Å². The first-order chi connectivity index (χ1) is 16.5. The van der Waals surface area contributed by atoms with Crippen LogP contribution in [-0.4, -0.2) is 26.2 Å². The summed E-state index contributed by atoms with van der Waals surface area (Å²) in [5.41, 5.74) is 6.84. The van der Waals surface area contributed by atoms with Gasteiger partial charge in [0, 0.05) is 42.3 Å². The molecular weight excluding hydrogens is 424 g/mol. The number of hydrogen-bond donors (Lipinski definition) is 0. The zero-order valence-electron chi connectivity index (χ0n) is 19.3. The van der Waals surface area contributed by atoms with Crippen LogP contribution in [0.1, 0.15) is 36.1 Å². The maximum absolute atomic E-state index is 13.6. The first-order valence-corrected chi connectivity index (χ1v) is 11.1. The minimum absolute atomic E-state index is 0.164. The molecule has 1 atom stereocenters. The molecule has 5 rings (SSSR count). The van der Waals surface area contributed by atoms with Crippen LogP contribution in [0.15, 0.2) is 65.9 Å². The van der Waals surface area contributed by atoms with Crippen molar-refractivity contribution in [2.24, 2.45) is 7.05 Å². The van der Waals surface area contributed by atoms with E-state index in [2.05, 4.69) is 47.1 Å². The van der Waals surface area contributed by atoms with Crippen molar-refractivity contribution in [3.63, 3.8) is 0 Å². The number of aromatic nitrogens is 4. The van der Waals surface area contributed by atoms with Crippen molar-refractivity contribution in [3.8, 4) is 46.3 Å². The van der Waals surface area contributed by atoms with Crippen LogP contribution in [0.4, 0.5) is 0 Å². The Kier molecular flexibility index (Phi) is 5.39. The van der Waals surface area contributed by atoms with Crippen LogP contribution in [-0.2, 0) is 7.05 Å². The first-order valence-electron chi connectivity index (χ1n) is 11.1. The fraction of sp³-hybridized carbons (Fsp3) is 0.179. The highest BCUT2D eigenvalue weighted by molar-refractivity contribution is 5.81.